The molecule has 0 amide bonds. The van der Waals surface area contributed by atoms with Crippen molar-refractivity contribution in [2.75, 3.05) is 11.5 Å². The van der Waals surface area contributed by atoms with Crippen LogP contribution >= 0.6 is 43.6 Å². The Morgan fingerprint density at radius 3 is 1.87 bits per heavy atom. The second-order valence-electron chi connectivity index (χ2n) is 8.05. The van der Waals surface area contributed by atoms with E-state index in [2.05, 4.69) is 41.8 Å². The highest BCUT2D eigenvalue weighted by Crippen LogP contribution is 2.17. The highest BCUT2D eigenvalue weighted by Gasteiger charge is 2.24. The summed E-state index contributed by atoms with van der Waals surface area (Å²) in [5.41, 5.74) is -0.311. The van der Waals surface area contributed by atoms with Crippen molar-refractivity contribution in [3.63, 3.8) is 0 Å². The zero-order chi connectivity index (χ0) is 23.0. The minimum absolute atomic E-state index is 0.156. The Morgan fingerprint density at radius 2 is 1.40 bits per heavy atom. The fraction of sp³-hybridized carbons (Fsp3) is 0.500. The second-order valence-corrected chi connectivity index (χ2v) is 12.7. The number of rotatable bonds is 8. The summed E-state index contributed by atoms with van der Waals surface area (Å²) in [6.45, 7) is 6.57. The number of aromatic nitrogens is 2. The van der Waals surface area contributed by atoms with Crippen molar-refractivity contribution >= 4 is 53.5 Å². The zero-order valence-electron chi connectivity index (χ0n) is 17.5. The molecule has 0 unspecified atom stereocenters. The molecule has 0 aliphatic carbocycles. The summed E-state index contributed by atoms with van der Waals surface area (Å²) in [4.78, 5) is 8.35. The number of nitrogens with zero attached hydrogens (tertiary/aromatic N) is 2. The van der Waals surface area contributed by atoms with Crippen LogP contribution in [0.1, 0.15) is 39.1 Å². The fourth-order valence-electron chi connectivity index (χ4n) is 2.28. The van der Waals surface area contributed by atoms with Gasteiger partial charge in [-0.1, -0.05) is 12.1 Å². The van der Waals surface area contributed by atoms with Gasteiger partial charge in [-0.15, -0.1) is 0 Å². The van der Waals surface area contributed by atoms with E-state index in [-0.39, 0.29) is 11.5 Å². The molecule has 0 aliphatic rings. The van der Waals surface area contributed by atoms with E-state index < -0.39 is 21.0 Å². The van der Waals surface area contributed by atoms with Crippen LogP contribution in [0.4, 0.5) is 0 Å². The maximum Gasteiger partial charge on any atom is 0.158 e. The van der Waals surface area contributed by atoms with E-state index >= 15 is 0 Å². The lowest BCUT2D eigenvalue weighted by atomic mass is 10.2. The van der Waals surface area contributed by atoms with Gasteiger partial charge in [-0.05, 0) is 83.8 Å². The third-order valence-corrected chi connectivity index (χ3v) is 7.37. The van der Waals surface area contributed by atoms with Gasteiger partial charge in [0.1, 0.15) is 9.21 Å². The Bertz CT molecular complexity index is 912. The average Bonchev–Trinajstić information content (AvgIpc) is 2.51. The summed E-state index contributed by atoms with van der Waals surface area (Å²) < 4.78 is 24.9. The SMILES string of the molecule is CC(C)(O)CS(=O)(=O)Cc1cccc(Br)n1.CC(C)(O)CSCc1cccc(Br)n1. The number of pyridine rings is 2. The third kappa shape index (κ3) is 13.7. The Kier molecular flexibility index (Phi) is 10.9. The minimum Gasteiger partial charge on any atom is -0.390 e. The number of halogens is 2. The molecular formula is C20H28Br2N2O4S2. The van der Waals surface area contributed by atoms with Gasteiger partial charge in [0.15, 0.2) is 9.84 Å². The molecule has 0 aromatic carbocycles. The van der Waals surface area contributed by atoms with Crippen LogP contribution < -0.4 is 0 Å². The zero-order valence-corrected chi connectivity index (χ0v) is 22.3. The Hall–Kier alpha value is -0.520. The van der Waals surface area contributed by atoms with E-state index in [1.165, 1.54) is 13.8 Å². The predicted molar refractivity (Wildman–Crippen MR) is 130 cm³/mol. The predicted octanol–water partition coefficient (Wildman–Crippen LogP) is 4.38. The Morgan fingerprint density at radius 1 is 0.900 bits per heavy atom. The normalized spacial score (nSPS) is 12.3. The summed E-state index contributed by atoms with van der Waals surface area (Å²) in [7, 11) is -3.34. The van der Waals surface area contributed by atoms with Crippen molar-refractivity contribution < 1.29 is 18.6 Å². The van der Waals surface area contributed by atoms with Gasteiger partial charge >= 0.3 is 0 Å². The molecular weight excluding hydrogens is 556 g/mol. The van der Waals surface area contributed by atoms with Crippen molar-refractivity contribution in [2.45, 2.75) is 50.4 Å². The monoisotopic (exact) mass is 582 g/mol. The molecule has 6 nitrogen and oxygen atoms in total. The number of hydrogen-bond acceptors (Lipinski definition) is 7. The molecule has 0 saturated carbocycles. The van der Waals surface area contributed by atoms with E-state index in [4.69, 9.17) is 0 Å². The van der Waals surface area contributed by atoms with Crippen LogP contribution in [0, 0.1) is 0 Å². The van der Waals surface area contributed by atoms with Crippen LogP contribution in [0.3, 0.4) is 0 Å². The third-order valence-electron chi connectivity index (χ3n) is 3.19. The molecule has 0 aliphatic heterocycles. The molecule has 2 heterocycles. The molecule has 2 rings (SSSR count). The van der Waals surface area contributed by atoms with Crippen LogP contribution in [-0.2, 0) is 21.3 Å². The van der Waals surface area contributed by atoms with Crippen molar-refractivity contribution in [3.05, 3.63) is 57.0 Å². The molecule has 2 aromatic rings. The van der Waals surface area contributed by atoms with Gasteiger partial charge in [-0.2, -0.15) is 11.8 Å². The molecule has 2 N–H and O–H groups in total. The minimum atomic E-state index is -3.34. The first-order valence-electron chi connectivity index (χ1n) is 9.11. The summed E-state index contributed by atoms with van der Waals surface area (Å²) in [6, 6.07) is 11.0. The van der Waals surface area contributed by atoms with Crippen molar-refractivity contribution in [1.29, 1.82) is 0 Å². The van der Waals surface area contributed by atoms with E-state index in [0.29, 0.717) is 10.3 Å². The van der Waals surface area contributed by atoms with Crippen LogP contribution in [0.15, 0.2) is 45.6 Å². The number of sulfone groups is 1. The van der Waals surface area contributed by atoms with Gasteiger partial charge in [0.05, 0.1) is 34.1 Å². The first-order valence-corrected chi connectivity index (χ1v) is 13.7. The van der Waals surface area contributed by atoms with Gasteiger partial charge in [0.25, 0.3) is 0 Å². The van der Waals surface area contributed by atoms with E-state index in [1.54, 1.807) is 30.0 Å². The van der Waals surface area contributed by atoms with Crippen LogP contribution in [-0.4, -0.2) is 51.3 Å². The standard InChI is InChI=1S/C10H14BrNO3S.C10H14BrNOS/c1-10(2,13)7-16(14,15)6-8-4-3-5-9(11)12-8;1-10(2,13)7-14-6-8-4-3-5-9(11)12-8/h3-5,13H,6-7H2,1-2H3;3-5,13H,6-7H2,1-2H3. The van der Waals surface area contributed by atoms with Gasteiger partial charge < -0.3 is 10.2 Å². The summed E-state index contributed by atoms with van der Waals surface area (Å²) in [5.74, 6) is 1.13. The molecule has 0 spiro atoms. The highest BCUT2D eigenvalue weighted by molar-refractivity contribution is 9.10. The van der Waals surface area contributed by atoms with Crippen LogP contribution in [0.5, 0.6) is 0 Å². The first kappa shape index (κ1) is 27.5. The quantitative estimate of drug-likeness (QED) is 0.445. The summed E-state index contributed by atoms with van der Waals surface area (Å²) in [6.07, 6.45) is 0. The van der Waals surface area contributed by atoms with E-state index in [0.717, 1.165) is 21.8 Å². The van der Waals surface area contributed by atoms with Crippen LogP contribution in [0.2, 0.25) is 0 Å². The number of hydrogen-bond donors (Lipinski definition) is 2. The van der Waals surface area contributed by atoms with E-state index in [9.17, 15) is 18.6 Å². The molecule has 0 atom stereocenters. The second kappa shape index (κ2) is 11.9. The number of thioether (sulfide) groups is 1. The molecule has 168 valence electrons. The molecule has 10 heteroatoms. The maximum absolute atomic E-state index is 11.7. The van der Waals surface area contributed by atoms with Gasteiger partial charge in [0, 0.05) is 11.5 Å². The smallest absolute Gasteiger partial charge is 0.158 e. The fourth-order valence-corrected chi connectivity index (χ4v) is 5.80. The molecule has 0 saturated heterocycles. The average molecular weight is 584 g/mol. The highest BCUT2D eigenvalue weighted by atomic mass is 79.9. The van der Waals surface area contributed by atoms with Gasteiger partial charge in [-0.25, -0.2) is 18.4 Å². The molecule has 30 heavy (non-hydrogen) atoms. The van der Waals surface area contributed by atoms with Crippen molar-refractivity contribution in [3.8, 4) is 0 Å². The summed E-state index contributed by atoms with van der Waals surface area (Å²) in [5, 5.41) is 19.0. The molecule has 0 fully saturated rings. The van der Waals surface area contributed by atoms with Crippen molar-refractivity contribution in [2.24, 2.45) is 0 Å². The van der Waals surface area contributed by atoms with Gasteiger partial charge in [0.2, 0.25) is 0 Å². The lowest BCUT2D eigenvalue weighted by Gasteiger charge is -2.16. The van der Waals surface area contributed by atoms with E-state index in [1.807, 2.05) is 32.0 Å². The lowest BCUT2D eigenvalue weighted by molar-refractivity contribution is 0.104. The molecule has 0 radical (unpaired) electrons. The van der Waals surface area contributed by atoms with Crippen LogP contribution in [0.25, 0.3) is 0 Å². The van der Waals surface area contributed by atoms with Crippen molar-refractivity contribution in [1.82, 2.24) is 9.97 Å². The van der Waals surface area contributed by atoms with Gasteiger partial charge in [-0.3, -0.25) is 0 Å². The Labute approximate surface area is 200 Å². The molecule has 2 aromatic heterocycles. The number of aliphatic hydroxyl groups is 2. The largest absolute Gasteiger partial charge is 0.390 e. The topological polar surface area (TPSA) is 100 Å². The first-order chi connectivity index (χ1) is 13.7. The molecule has 0 bridgehead atoms. The lowest BCUT2D eigenvalue weighted by Crippen LogP contribution is -2.30. The maximum atomic E-state index is 11.7. The summed E-state index contributed by atoms with van der Waals surface area (Å²) >= 11 is 8.19. The Balaban J connectivity index is 0.000000303.